The summed E-state index contributed by atoms with van der Waals surface area (Å²) in [7, 11) is 0. The second-order valence-corrected chi connectivity index (χ2v) is 6.58. The van der Waals surface area contributed by atoms with Crippen molar-refractivity contribution in [2.45, 2.75) is 52.6 Å². The van der Waals surface area contributed by atoms with Gasteiger partial charge in [-0.1, -0.05) is 27.2 Å². The highest BCUT2D eigenvalue weighted by molar-refractivity contribution is 9.10. The molecule has 1 aromatic heterocycles. The first-order valence-corrected chi connectivity index (χ1v) is 7.84. The SMILES string of the molecule is CCCC1CC1Nc1cnn(CC(C)C)c(=O)c1Br. The molecule has 0 saturated heterocycles. The molecule has 2 rings (SSSR count). The van der Waals surface area contributed by atoms with Crippen LogP contribution < -0.4 is 10.9 Å². The normalized spacial score (nSPS) is 21.7. The molecular weight excluding hydrogens is 306 g/mol. The molecule has 106 valence electrons. The minimum Gasteiger partial charge on any atom is -0.380 e. The third kappa shape index (κ3) is 3.59. The van der Waals surface area contributed by atoms with E-state index in [0.29, 0.717) is 23.0 Å². The number of anilines is 1. The van der Waals surface area contributed by atoms with Gasteiger partial charge in [-0.05, 0) is 40.6 Å². The van der Waals surface area contributed by atoms with Crippen molar-refractivity contribution in [1.29, 1.82) is 0 Å². The summed E-state index contributed by atoms with van der Waals surface area (Å²) in [5, 5.41) is 7.66. The van der Waals surface area contributed by atoms with Crippen molar-refractivity contribution in [3.63, 3.8) is 0 Å². The van der Waals surface area contributed by atoms with Crippen LogP contribution in [0.1, 0.15) is 40.0 Å². The van der Waals surface area contributed by atoms with Gasteiger partial charge in [0.1, 0.15) is 4.47 Å². The van der Waals surface area contributed by atoms with Crippen molar-refractivity contribution in [3.05, 3.63) is 21.0 Å². The quantitative estimate of drug-likeness (QED) is 0.872. The molecule has 0 bridgehead atoms. The van der Waals surface area contributed by atoms with E-state index in [4.69, 9.17) is 0 Å². The standard InChI is InChI=1S/C14H22BrN3O/c1-4-5-10-6-11(10)17-12-7-16-18(8-9(2)3)14(19)13(12)15/h7,9-11,17H,4-6,8H2,1-3H3. The van der Waals surface area contributed by atoms with E-state index in [0.717, 1.165) is 11.6 Å². The smallest absolute Gasteiger partial charge is 0.283 e. The first-order chi connectivity index (χ1) is 9.02. The third-order valence-corrected chi connectivity index (χ3v) is 4.21. The van der Waals surface area contributed by atoms with Crippen molar-refractivity contribution >= 4 is 21.6 Å². The molecule has 1 heterocycles. The Balaban J connectivity index is 2.07. The summed E-state index contributed by atoms with van der Waals surface area (Å²) in [6.07, 6.45) is 5.44. The van der Waals surface area contributed by atoms with E-state index in [2.05, 4.69) is 47.1 Å². The van der Waals surface area contributed by atoms with E-state index in [1.165, 1.54) is 23.9 Å². The summed E-state index contributed by atoms with van der Waals surface area (Å²) in [5.41, 5.74) is 0.778. The molecule has 2 atom stereocenters. The van der Waals surface area contributed by atoms with E-state index >= 15 is 0 Å². The predicted molar refractivity (Wildman–Crippen MR) is 81.5 cm³/mol. The summed E-state index contributed by atoms with van der Waals surface area (Å²) in [4.78, 5) is 12.1. The fraction of sp³-hybridized carbons (Fsp3) is 0.714. The van der Waals surface area contributed by atoms with E-state index in [1.807, 2.05) is 0 Å². The molecule has 1 aromatic rings. The first kappa shape index (κ1) is 14.6. The molecule has 1 aliphatic carbocycles. The van der Waals surface area contributed by atoms with Crippen LogP contribution in [-0.2, 0) is 6.54 Å². The van der Waals surface area contributed by atoms with Crippen LogP contribution in [0.5, 0.6) is 0 Å². The van der Waals surface area contributed by atoms with Gasteiger partial charge in [0.25, 0.3) is 5.56 Å². The van der Waals surface area contributed by atoms with Crippen LogP contribution in [0.4, 0.5) is 5.69 Å². The number of rotatable bonds is 6. The third-order valence-electron chi connectivity index (χ3n) is 3.45. The largest absolute Gasteiger partial charge is 0.380 e. The van der Waals surface area contributed by atoms with Gasteiger partial charge in [-0.3, -0.25) is 4.79 Å². The van der Waals surface area contributed by atoms with Crippen LogP contribution in [0, 0.1) is 11.8 Å². The highest BCUT2D eigenvalue weighted by Crippen LogP contribution is 2.37. The molecule has 0 aliphatic heterocycles. The zero-order valence-corrected chi connectivity index (χ0v) is 13.4. The van der Waals surface area contributed by atoms with Gasteiger partial charge in [-0.2, -0.15) is 5.10 Å². The first-order valence-electron chi connectivity index (χ1n) is 7.05. The Bertz CT molecular complexity index is 498. The lowest BCUT2D eigenvalue weighted by atomic mass is 10.2. The van der Waals surface area contributed by atoms with E-state index in [9.17, 15) is 4.79 Å². The maximum atomic E-state index is 12.1. The monoisotopic (exact) mass is 327 g/mol. The van der Waals surface area contributed by atoms with E-state index < -0.39 is 0 Å². The Hall–Kier alpha value is -0.840. The van der Waals surface area contributed by atoms with Crippen molar-refractivity contribution < 1.29 is 0 Å². The topological polar surface area (TPSA) is 46.9 Å². The number of hydrogen-bond donors (Lipinski definition) is 1. The predicted octanol–water partition coefficient (Wildman–Crippen LogP) is 3.26. The minimum atomic E-state index is -0.0496. The lowest BCUT2D eigenvalue weighted by molar-refractivity contribution is 0.462. The molecule has 0 radical (unpaired) electrons. The van der Waals surface area contributed by atoms with Gasteiger partial charge in [0.2, 0.25) is 0 Å². The number of halogens is 1. The van der Waals surface area contributed by atoms with Gasteiger partial charge in [0, 0.05) is 12.6 Å². The van der Waals surface area contributed by atoms with Crippen molar-refractivity contribution in [2.24, 2.45) is 11.8 Å². The van der Waals surface area contributed by atoms with Gasteiger partial charge in [-0.15, -0.1) is 0 Å². The number of hydrogen-bond acceptors (Lipinski definition) is 3. The maximum Gasteiger partial charge on any atom is 0.283 e. The lowest BCUT2D eigenvalue weighted by Gasteiger charge is -2.11. The molecule has 1 N–H and O–H groups in total. The van der Waals surface area contributed by atoms with Gasteiger partial charge >= 0.3 is 0 Å². The Labute approximate surface area is 122 Å². The zero-order chi connectivity index (χ0) is 14.0. The van der Waals surface area contributed by atoms with Crippen LogP contribution >= 0.6 is 15.9 Å². The average Bonchev–Trinajstić information content (AvgIpc) is 3.07. The molecule has 0 amide bonds. The summed E-state index contributed by atoms with van der Waals surface area (Å²) in [6, 6.07) is 0.512. The molecule has 1 fully saturated rings. The van der Waals surface area contributed by atoms with Crippen LogP contribution in [-0.4, -0.2) is 15.8 Å². The Kier molecular flexibility index (Phi) is 4.66. The van der Waals surface area contributed by atoms with Gasteiger partial charge in [-0.25, -0.2) is 4.68 Å². The highest BCUT2D eigenvalue weighted by Gasteiger charge is 2.36. The van der Waals surface area contributed by atoms with Crippen molar-refractivity contribution in [3.8, 4) is 0 Å². The average molecular weight is 328 g/mol. The fourth-order valence-corrected chi connectivity index (χ4v) is 2.78. The minimum absolute atomic E-state index is 0.0496. The highest BCUT2D eigenvalue weighted by atomic mass is 79.9. The summed E-state index contributed by atoms with van der Waals surface area (Å²) in [5.74, 6) is 1.17. The van der Waals surface area contributed by atoms with Crippen LogP contribution in [0.15, 0.2) is 15.5 Å². The fourth-order valence-electron chi connectivity index (χ4n) is 2.36. The van der Waals surface area contributed by atoms with Crippen molar-refractivity contribution in [1.82, 2.24) is 9.78 Å². The molecule has 19 heavy (non-hydrogen) atoms. The molecule has 0 spiro atoms. The molecule has 4 nitrogen and oxygen atoms in total. The zero-order valence-electron chi connectivity index (χ0n) is 11.8. The maximum absolute atomic E-state index is 12.1. The molecule has 1 saturated carbocycles. The second-order valence-electron chi connectivity index (χ2n) is 5.79. The molecule has 5 heteroatoms. The van der Waals surface area contributed by atoms with Gasteiger partial charge in [0.05, 0.1) is 11.9 Å². The van der Waals surface area contributed by atoms with Crippen LogP contribution in [0.25, 0.3) is 0 Å². The van der Waals surface area contributed by atoms with Gasteiger partial charge in [0.15, 0.2) is 0 Å². The Morgan fingerprint density at radius 2 is 2.32 bits per heavy atom. The van der Waals surface area contributed by atoms with Crippen LogP contribution in [0.3, 0.4) is 0 Å². The molecular formula is C14H22BrN3O. The summed E-state index contributed by atoms with van der Waals surface area (Å²) in [6.45, 7) is 7.01. The van der Waals surface area contributed by atoms with Crippen LogP contribution in [0.2, 0.25) is 0 Å². The Morgan fingerprint density at radius 3 is 2.95 bits per heavy atom. The van der Waals surface area contributed by atoms with Crippen molar-refractivity contribution in [2.75, 3.05) is 5.32 Å². The molecule has 2 unspecified atom stereocenters. The van der Waals surface area contributed by atoms with E-state index in [-0.39, 0.29) is 5.56 Å². The van der Waals surface area contributed by atoms with Gasteiger partial charge < -0.3 is 5.32 Å². The Morgan fingerprint density at radius 1 is 1.58 bits per heavy atom. The molecule has 1 aliphatic rings. The summed E-state index contributed by atoms with van der Waals surface area (Å²) >= 11 is 3.40. The lowest BCUT2D eigenvalue weighted by Crippen LogP contribution is -2.26. The van der Waals surface area contributed by atoms with E-state index in [1.54, 1.807) is 6.20 Å². The number of aromatic nitrogens is 2. The molecule has 0 aromatic carbocycles. The number of nitrogens with one attached hydrogen (secondary N) is 1. The second kappa shape index (κ2) is 6.07. The number of nitrogens with zero attached hydrogens (tertiary/aromatic N) is 2. The summed E-state index contributed by atoms with van der Waals surface area (Å²) < 4.78 is 2.13.